The normalized spacial score (nSPS) is 11.2. The summed E-state index contributed by atoms with van der Waals surface area (Å²) in [6.07, 6.45) is 0.921. The highest BCUT2D eigenvalue weighted by Crippen LogP contribution is 2.27. The van der Waals surface area contributed by atoms with Crippen LogP contribution in [0.5, 0.6) is 5.75 Å². The Kier molecular flexibility index (Phi) is 6.84. The number of nitrogens with zero attached hydrogens (tertiary/aromatic N) is 1. The Hall–Kier alpha value is -2.28. The summed E-state index contributed by atoms with van der Waals surface area (Å²) in [5, 5.41) is 9.14. The number of benzene rings is 1. The van der Waals surface area contributed by atoms with E-state index in [1.165, 1.54) is 7.11 Å². The van der Waals surface area contributed by atoms with Crippen LogP contribution in [0, 0.1) is 0 Å². The van der Waals surface area contributed by atoms with Crippen molar-refractivity contribution in [2.24, 2.45) is 5.16 Å². The predicted molar refractivity (Wildman–Crippen MR) is 89.0 cm³/mol. The van der Waals surface area contributed by atoms with Crippen LogP contribution in [0.1, 0.15) is 20.8 Å². The van der Waals surface area contributed by atoms with Gasteiger partial charge in [0.05, 0.1) is 12.8 Å². The van der Waals surface area contributed by atoms with E-state index in [2.05, 4.69) is 15.8 Å². The van der Waals surface area contributed by atoms with Gasteiger partial charge in [0.15, 0.2) is 6.61 Å². The number of halogens is 1. The molecule has 7 nitrogen and oxygen atoms in total. The van der Waals surface area contributed by atoms with Crippen LogP contribution < -0.4 is 15.4 Å². The summed E-state index contributed by atoms with van der Waals surface area (Å²) in [6, 6.07) is 4.81. The number of amides is 2. The van der Waals surface area contributed by atoms with Crippen molar-refractivity contribution in [3.8, 4) is 5.75 Å². The standard InChI is InChI=1S/C15H20ClN3O4/c1-15(2,3)19-14(21)9-23-17-8-13(20)18-11-7-10(16)5-6-12(11)22-4/h5-8H,9H2,1-4H3,(H,18,20)(H,19,21)/b17-8-. The lowest BCUT2D eigenvalue weighted by Crippen LogP contribution is -2.42. The molecule has 0 fully saturated rings. The first-order valence-corrected chi connectivity index (χ1v) is 7.20. The van der Waals surface area contributed by atoms with Gasteiger partial charge in [0.25, 0.3) is 11.8 Å². The zero-order valence-corrected chi connectivity index (χ0v) is 14.2. The van der Waals surface area contributed by atoms with Gasteiger partial charge in [-0.15, -0.1) is 0 Å². The molecule has 126 valence electrons. The first-order valence-electron chi connectivity index (χ1n) is 6.82. The number of hydrogen-bond acceptors (Lipinski definition) is 5. The fraction of sp³-hybridized carbons (Fsp3) is 0.400. The highest BCUT2D eigenvalue weighted by Gasteiger charge is 2.13. The summed E-state index contributed by atoms with van der Waals surface area (Å²) in [4.78, 5) is 28.0. The van der Waals surface area contributed by atoms with Crippen LogP contribution in [0.3, 0.4) is 0 Å². The SMILES string of the molecule is COc1ccc(Cl)cc1NC(=O)/C=N\OCC(=O)NC(C)(C)C. The van der Waals surface area contributed by atoms with E-state index in [1.54, 1.807) is 18.2 Å². The third kappa shape index (κ3) is 7.51. The van der Waals surface area contributed by atoms with Crippen molar-refractivity contribution in [1.82, 2.24) is 5.32 Å². The fourth-order valence-electron chi connectivity index (χ4n) is 1.58. The van der Waals surface area contributed by atoms with Crippen LogP contribution in [-0.4, -0.2) is 37.3 Å². The lowest BCUT2D eigenvalue weighted by atomic mass is 10.1. The van der Waals surface area contributed by atoms with Crippen molar-refractivity contribution in [1.29, 1.82) is 0 Å². The number of hydrogen-bond donors (Lipinski definition) is 2. The Bertz CT molecular complexity index is 597. The van der Waals surface area contributed by atoms with Gasteiger partial charge in [-0.2, -0.15) is 0 Å². The van der Waals surface area contributed by atoms with Gasteiger partial charge >= 0.3 is 0 Å². The van der Waals surface area contributed by atoms with Crippen molar-refractivity contribution in [2.45, 2.75) is 26.3 Å². The number of nitrogens with one attached hydrogen (secondary N) is 2. The number of ether oxygens (including phenoxy) is 1. The van der Waals surface area contributed by atoms with Crippen LogP contribution in [0.25, 0.3) is 0 Å². The summed E-state index contributed by atoms with van der Waals surface area (Å²) in [5.74, 6) is -0.407. The van der Waals surface area contributed by atoms with Gasteiger partial charge in [0.1, 0.15) is 12.0 Å². The number of oxime groups is 1. The molecule has 1 rings (SSSR count). The van der Waals surface area contributed by atoms with Gasteiger partial charge in [0.2, 0.25) is 0 Å². The number of carbonyl (C=O) groups is 2. The molecule has 0 heterocycles. The predicted octanol–water partition coefficient (Wildman–Crippen LogP) is 2.20. The maximum Gasteiger partial charge on any atom is 0.270 e. The molecule has 0 unspecified atom stereocenters. The molecule has 23 heavy (non-hydrogen) atoms. The van der Waals surface area contributed by atoms with Crippen LogP contribution >= 0.6 is 11.6 Å². The molecular weight excluding hydrogens is 322 g/mol. The van der Waals surface area contributed by atoms with Crippen molar-refractivity contribution in [2.75, 3.05) is 19.0 Å². The average Bonchev–Trinajstić information content (AvgIpc) is 2.42. The molecule has 0 aliphatic rings. The van der Waals surface area contributed by atoms with E-state index in [4.69, 9.17) is 21.2 Å². The van der Waals surface area contributed by atoms with Crippen molar-refractivity contribution < 1.29 is 19.2 Å². The zero-order chi connectivity index (χ0) is 17.5. The van der Waals surface area contributed by atoms with E-state index in [1.807, 2.05) is 20.8 Å². The summed E-state index contributed by atoms with van der Waals surface area (Å²) in [5.41, 5.74) is 0.0481. The third-order valence-corrected chi connectivity index (χ3v) is 2.61. The molecule has 2 amide bonds. The minimum absolute atomic E-state index is 0.276. The maximum atomic E-state index is 11.7. The van der Waals surface area contributed by atoms with E-state index in [0.717, 1.165) is 6.21 Å². The summed E-state index contributed by atoms with van der Waals surface area (Å²) in [7, 11) is 1.48. The van der Waals surface area contributed by atoms with E-state index >= 15 is 0 Å². The van der Waals surface area contributed by atoms with Crippen LogP contribution in [0.4, 0.5) is 5.69 Å². The van der Waals surface area contributed by atoms with Crippen molar-refractivity contribution >= 4 is 35.3 Å². The molecule has 0 radical (unpaired) electrons. The van der Waals surface area contributed by atoms with Crippen LogP contribution in [0.2, 0.25) is 5.02 Å². The summed E-state index contributed by atoms with van der Waals surface area (Å²) in [6.45, 7) is 5.27. The van der Waals surface area contributed by atoms with Gasteiger partial charge in [-0.1, -0.05) is 16.8 Å². The van der Waals surface area contributed by atoms with Gasteiger partial charge in [-0.05, 0) is 39.0 Å². The molecule has 0 aromatic heterocycles. The quantitative estimate of drug-likeness (QED) is 0.613. The first-order chi connectivity index (χ1) is 10.7. The fourth-order valence-corrected chi connectivity index (χ4v) is 1.75. The van der Waals surface area contributed by atoms with Gasteiger partial charge in [-0.3, -0.25) is 9.59 Å². The average molecular weight is 342 g/mol. The lowest BCUT2D eigenvalue weighted by Gasteiger charge is -2.19. The Morgan fingerprint density at radius 3 is 2.65 bits per heavy atom. The number of carbonyl (C=O) groups excluding carboxylic acids is 2. The largest absolute Gasteiger partial charge is 0.495 e. The number of anilines is 1. The number of methoxy groups -OCH3 is 1. The molecule has 1 aromatic rings. The van der Waals surface area contributed by atoms with Gasteiger partial charge in [-0.25, -0.2) is 0 Å². The third-order valence-electron chi connectivity index (χ3n) is 2.37. The van der Waals surface area contributed by atoms with Gasteiger partial charge < -0.3 is 20.2 Å². The summed E-state index contributed by atoms with van der Waals surface area (Å²) < 4.78 is 5.10. The highest BCUT2D eigenvalue weighted by atomic mass is 35.5. The topological polar surface area (TPSA) is 89.0 Å². The second kappa shape index (κ2) is 8.38. The van der Waals surface area contributed by atoms with E-state index in [9.17, 15) is 9.59 Å². The van der Waals surface area contributed by atoms with E-state index in [-0.39, 0.29) is 18.1 Å². The first kappa shape index (κ1) is 18.8. The van der Waals surface area contributed by atoms with E-state index in [0.29, 0.717) is 16.5 Å². The molecule has 0 saturated heterocycles. The van der Waals surface area contributed by atoms with Crippen molar-refractivity contribution in [3.05, 3.63) is 23.2 Å². The molecular formula is C15H20ClN3O4. The second-order valence-electron chi connectivity index (χ2n) is 5.64. The Balaban J connectivity index is 2.48. The molecule has 0 aliphatic heterocycles. The van der Waals surface area contributed by atoms with Crippen molar-refractivity contribution in [3.63, 3.8) is 0 Å². The Labute approximate surface area is 140 Å². The summed E-state index contributed by atoms with van der Waals surface area (Å²) >= 11 is 5.86. The highest BCUT2D eigenvalue weighted by molar-refractivity contribution is 6.33. The van der Waals surface area contributed by atoms with Crippen LogP contribution in [-0.2, 0) is 14.4 Å². The molecule has 0 aliphatic carbocycles. The van der Waals surface area contributed by atoms with E-state index < -0.39 is 5.91 Å². The molecule has 8 heteroatoms. The zero-order valence-electron chi connectivity index (χ0n) is 13.5. The smallest absolute Gasteiger partial charge is 0.270 e. The lowest BCUT2D eigenvalue weighted by molar-refractivity contribution is -0.127. The minimum Gasteiger partial charge on any atom is -0.495 e. The second-order valence-corrected chi connectivity index (χ2v) is 6.08. The molecule has 1 aromatic carbocycles. The Morgan fingerprint density at radius 2 is 2.04 bits per heavy atom. The monoisotopic (exact) mass is 341 g/mol. The van der Waals surface area contributed by atoms with Crippen LogP contribution in [0.15, 0.2) is 23.4 Å². The molecule has 2 N–H and O–H groups in total. The molecule has 0 atom stereocenters. The molecule has 0 saturated carbocycles. The molecule has 0 spiro atoms. The number of rotatable bonds is 6. The Morgan fingerprint density at radius 1 is 1.35 bits per heavy atom. The minimum atomic E-state index is -0.540. The molecule has 0 bridgehead atoms. The maximum absolute atomic E-state index is 11.7. The van der Waals surface area contributed by atoms with Gasteiger partial charge in [0, 0.05) is 10.6 Å².